The smallest absolute Gasteiger partial charge is 0.151 e. The maximum Gasteiger partial charge on any atom is 0.151 e. The summed E-state index contributed by atoms with van der Waals surface area (Å²) in [5, 5.41) is 10.0. The van der Waals surface area contributed by atoms with Crippen molar-refractivity contribution in [1.29, 1.82) is 0 Å². The van der Waals surface area contributed by atoms with Crippen molar-refractivity contribution in [2.75, 3.05) is 0 Å². The summed E-state index contributed by atoms with van der Waals surface area (Å²) in [4.78, 5) is 0. The average molecular weight is 176 g/mol. The van der Waals surface area contributed by atoms with E-state index in [1.165, 1.54) is 0 Å². The van der Waals surface area contributed by atoms with E-state index in [0.29, 0.717) is 0 Å². The second kappa shape index (κ2) is 2.26. The van der Waals surface area contributed by atoms with E-state index in [0.717, 1.165) is 16.7 Å². The Morgan fingerprint density at radius 3 is 2.75 bits per heavy atom. The van der Waals surface area contributed by atoms with Gasteiger partial charge in [-0.3, -0.25) is 5.10 Å². The van der Waals surface area contributed by atoms with Crippen LogP contribution in [0.25, 0.3) is 0 Å². The van der Waals surface area contributed by atoms with Gasteiger partial charge >= 0.3 is 0 Å². The molecule has 3 nitrogen and oxygen atoms in total. The molecule has 1 aromatic rings. The lowest BCUT2D eigenvalue weighted by Gasteiger charge is -1.82. The summed E-state index contributed by atoms with van der Waals surface area (Å²) < 4.78 is 0.819. The topological polar surface area (TPSA) is 41.6 Å². The predicted octanol–water partition coefficient (Wildman–Crippen LogP) is 1.13. The summed E-state index contributed by atoms with van der Waals surface area (Å²) in [5.74, 6) is 0. The number of nitrogens with zero attached hydrogens (tertiary/aromatic N) is 2. The van der Waals surface area contributed by atoms with E-state index in [9.17, 15) is 0 Å². The van der Waals surface area contributed by atoms with Crippen LogP contribution in [-0.4, -0.2) is 15.4 Å². The van der Waals surface area contributed by atoms with E-state index in [-0.39, 0.29) is 0 Å². The van der Waals surface area contributed by atoms with Gasteiger partial charge in [0.15, 0.2) is 4.60 Å². The third-order valence-corrected chi connectivity index (χ3v) is 1.56. The molecule has 0 saturated carbocycles. The number of hydrogen-bond acceptors (Lipinski definition) is 2. The van der Waals surface area contributed by atoms with Gasteiger partial charge in [0, 0.05) is 0 Å². The van der Waals surface area contributed by atoms with Crippen molar-refractivity contribution in [3.8, 4) is 0 Å². The molecule has 0 fully saturated rings. The predicted molar refractivity (Wildman–Crippen MR) is 33.5 cm³/mol. The lowest BCUT2D eigenvalue weighted by molar-refractivity contribution is 0.907. The lowest BCUT2D eigenvalue weighted by atomic mass is 10.4. The molecule has 4 heteroatoms. The average Bonchev–Trinajstić information content (AvgIpc) is 2.14. The normalized spacial score (nSPS) is 9.75. The van der Waals surface area contributed by atoms with Gasteiger partial charge in [0.25, 0.3) is 0 Å². The van der Waals surface area contributed by atoms with Crippen molar-refractivity contribution in [3.05, 3.63) is 10.3 Å². The molecule has 0 aliphatic rings. The molecule has 0 unspecified atom stereocenters. The van der Waals surface area contributed by atoms with Crippen molar-refractivity contribution in [3.63, 3.8) is 0 Å². The van der Waals surface area contributed by atoms with Gasteiger partial charge in [0.2, 0.25) is 0 Å². The maximum atomic E-state index is 3.70. The van der Waals surface area contributed by atoms with Gasteiger partial charge in [0.1, 0.15) is 0 Å². The molecule has 0 saturated heterocycles. The molecule has 0 aliphatic heterocycles. The van der Waals surface area contributed by atoms with Crippen molar-refractivity contribution >= 4 is 15.9 Å². The fourth-order valence-corrected chi connectivity index (χ4v) is 0.909. The molecule has 44 valence electrons. The Balaban J connectivity index is 2.92. The number of rotatable bonds is 1. The summed E-state index contributed by atoms with van der Waals surface area (Å²) >= 11 is 3.22. The van der Waals surface area contributed by atoms with E-state index >= 15 is 0 Å². The Morgan fingerprint density at radius 1 is 1.75 bits per heavy atom. The summed E-state index contributed by atoms with van der Waals surface area (Å²) in [5.41, 5.74) is 1.05. The van der Waals surface area contributed by atoms with Crippen LogP contribution in [0.2, 0.25) is 0 Å². The Morgan fingerprint density at radius 2 is 2.50 bits per heavy atom. The first-order valence-corrected chi connectivity index (χ1v) is 3.19. The molecule has 0 radical (unpaired) electrons. The fraction of sp³-hybridized carbons (Fsp3) is 0.500. The molecular weight excluding hydrogens is 170 g/mol. The fourth-order valence-electron chi connectivity index (χ4n) is 0.461. The summed E-state index contributed by atoms with van der Waals surface area (Å²) in [6, 6.07) is 0. The SMILES string of the molecule is CCc1[nH]nnc1Br. The first-order valence-electron chi connectivity index (χ1n) is 2.40. The van der Waals surface area contributed by atoms with Crippen LogP contribution >= 0.6 is 15.9 Å². The molecule has 0 amide bonds. The highest BCUT2D eigenvalue weighted by atomic mass is 79.9. The van der Waals surface area contributed by atoms with Crippen molar-refractivity contribution in [2.24, 2.45) is 0 Å². The van der Waals surface area contributed by atoms with E-state index in [1.54, 1.807) is 0 Å². The second-order valence-corrected chi connectivity index (χ2v) is 2.19. The van der Waals surface area contributed by atoms with Gasteiger partial charge in [-0.2, -0.15) is 0 Å². The molecule has 0 aromatic carbocycles. The third kappa shape index (κ3) is 0.888. The molecule has 1 heterocycles. The van der Waals surface area contributed by atoms with Crippen LogP contribution in [0, 0.1) is 0 Å². The summed E-state index contributed by atoms with van der Waals surface area (Å²) in [6.07, 6.45) is 0.938. The number of halogens is 1. The molecule has 8 heavy (non-hydrogen) atoms. The number of nitrogens with one attached hydrogen (secondary N) is 1. The van der Waals surface area contributed by atoms with Crippen molar-refractivity contribution in [1.82, 2.24) is 15.4 Å². The standard InChI is InChI=1S/C4H6BrN3/c1-2-3-4(5)7-8-6-3/h2H2,1H3,(H,6,7,8). The van der Waals surface area contributed by atoms with E-state index < -0.39 is 0 Å². The van der Waals surface area contributed by atoms with Crippen LogP contribution < -0.4 is 0 Å². The zero-order valence-electron chi connectivity index (χ0n) is 4.48. The minimum atomic E-state index is 0.819. The zero-order valence-corrected chi connectivity index (χ0v) is 6.07. The number of hydrogen-bond donors (Lipinski definition) is 1. The molecule has 1 rings (SSSR count). The highest BCUT2D eigenvalue weighted by Gasteiger charge is 1.97. The minimum Gasteiger partial charge on any atom is -0.261 e. The molecule has 1 aromatic heterocycles. The van der Waals surface area contributed by atoms with Crippen LogP contribution in [0.1, 0.15) is 12.6 Å². The van der Waals surface area contributed by atoms with Gasteiger partial charge in [-0.25, -0.2) is 0 Å². The maximum absolute atomic E-state index is 3.70. The first kappa shape index (κ1) is 5.75. The quantitative estimate of drug-likeness (QED) is 0.696. The Labute approximate surface area is 55.6 Å². The Kier molecular flexibility index (Phi) is 1.62. The Hall–Kier alpha value is -0.380. The Bertz CT molecular complexity index is 172. The first-order chi connectivity index (χ1) is 3.84. The van der Waals surface area contributed by atoms with E-state index in [4.69, 9.17) is 0 Å². The van der Waals surface area contributed by atoms with Gasteiger partial charge in [-0.1, -0.05) is 12.1 Å². The van der Waals surface area contributed by atoms with Crippen LogP contribution in [0.5, 0.6) is 0 Å². The molecule has 1 N–H and O–H groups in total. The second-order valence-electron chi connectivity index (χ2n) is 1.43. The third-order valence-electron chi connectivity index (χ3n) is 0.925. The van der Waals surface area contributed by atoms with Gasteiger partial charge in [-0.05, 0) is 22.4 Å². The molecular formula is C4H6BrN3. The number of aryl methyl sites for hydroxylation is 1. The lowest BCUT2D eigenvalue weighted by Crippen LogP contribution is -1.78. The van der Waals surface area contributed by atoms with E-state index in [2.05, 4.69) is 31.3 Å². The van der Waals surface area contributed by atoms with Crippen molar-refractivity contribution < 1.29 is 0 Å². The number of H-pyrrole nitrogens is 1. The molecule has 0 bridgehead atoms. The monoisotopic (exact) mass is 175 g/mol. The highest BCUT2D eigenvalue weighted by molar-refractivity contribution is 9.10. The van der Waals surface area contributed by atoms with Crippen LogP contribution in [0.15, 0.2) is 4.60 Å². The van der Waals surface area contributed by atoms with Gasteiger partial charge in [0.05, 0.1) is 5.69 Å². The van der Waals surface area contributed by atoms with Crippen LogP contribution in [0.3, 0.4) is 0 Å². The molecule has 0 atom stereocenters. The largest absolute Gasteiger partial charge is 0.261 e. The van der Waals surface area contributed by atoms with E-state index in [1.807, 2.05) is 6.92 Å². The minimum absolute atomic E-state index is 0.819. The molecule has 0 aliphatic carbocycles. The number of aromatic amines is 1. The summed E-state index contributed by atoms with van der Waals surface area (Å²) in [7, 11) is 0. The van der Waals surface area contributed by atoms with Gasteiger partial charge < -0.3 is 0 Å². The van der Waals surface area contributed by atoms with Crippen LogP contribution in [0.4, 0.5) is 0 Å². The molecule has 0 spiro atoms. The summed E-state index contributed by atoms with van der Waals surface area (Å²) in [6.45, 7) is 2.04. The number of aromatic nitrogens is 3. The van der Waals surface area contributed by atoms with Crippen molar-refractivity contribution in [2.45, 2.75) is 13.3 Å². The highest BCUT2D eigenvalue weighted by Crippen LogP contribution is 2.08. The van der Waals surface area contributed by atoms with Crippen LogP contribution in [-0.2, 0) is 6.42 Å². The van der Waals surface area contributed by atoms with Gasteiger partial charge in [-0.15, -0.1) is 5.10 Å². The zero-order chi connectivity index (χ0) is 5.98.